The van der Waals surface area contributed by atoms with Crippen LogP contribution in [0.15, 0.2) is 262 Å². The van der Waals surface area contributed by atoms with Crippen molar-refractivity contribution in [3.63, 3.8) is 0 Å². The number of benzene rings is 4. The molecular weight excluding hydrogens is 1760 g/mol. The van der Waals surface area contributed by atoms with Crippen LogP contribution >= 0.6 is 63.7 Å². The molecule has 0 aliphatic rings. The van der Waals surface area contributed by atoms with E-state index in [1.807, 2.05) is 0 Å². The molecule has 4 aromatic carbocycles. The van der Waals surface area contributed by atoms with Crippen molar-refractivity contribution in [3.8, 4) is 45.0 Å². The zero-order chi connectivity index (χ0) is 78.8. The van der Waals surface area contributed by atoms with E-state index in [1.54, 1.807) is 110 Å². The summed E-state index contributed by atoms with van der Waals surface area (Å²) >= 11 is 13.4. The van der Waals surface area contributed by atoms with Crippen molar-refractivity contribution >= 4 is 165 Å². The number of carbonyl (C=O) groups excluding carboxylic acids is 2. The van der Waals surface area contributed by atoms with Crippen LogP contribution in [-0.2, 0) is 20.4 Å². The first-order valence-electron chi connectivity index (χ1n) is 32.0. The first-order valence-corrected chi connectivity index (χ1v) is 38.2. The Morgan fingerprint density at radius 1 is 0.348 bits per heavy atom. The highest BCUT2D eigenvalue weighted by Gasteiger charge is 2.23. The van der Waals surface area contributed by atoms with E-state index in [0.717, 1.165) is 9.46 Å². The minimum atomic E-state index is -4.08. The van der Waals surface area contributed by atoms with Gasteiger partial charge in [-0.1, -0.05) is 48.5 Å². The molecule has 16 rings (SSSR count). The van der Waals surface area contributed by atoms with Gasteiger partial charge in [-0.15, -0.1) is 0 Å². The van der Waals surface area contributed by atoms with Crippen LogP contribution in [0.5, 0.6) is 0 Å². The molecule has 0 fully saturated rings. The lowest BCUT2D eigenvalue weighted by Gasteiger charge is -2.13. The van der Waals surface area contributed by atoms with Gasteiger partial charge in [0.25, 0.3) is 0 Å². The van der Waals surface area contributed by atoms with E-state index >= 15 is 0 Å². The quantitative estimate of drug-likeness (QED) is 0.0244. The summed E-state index contributed by atoms with van der Waals surface area (Å²) in [5.74, 6) is -0.999. The Kier molecular flexibility index (Phi) is 23.2. The molecule has 0 aliphatic carbocycles. The van der Waals surface area contributed by atoms with Crippen LogP contribution in [0.25, 0.3) is 67.6 Å². The Morgan fingerprint density at radius 3 is 0.920 bits per heavy atom. The van der Waals surface area contributed by atoms with Crippen LogP contribution in [0.1, 0.15) is 0 Å². The van der Waals surface area contributed by atoms with E-state index in [2.05, 4.69) is 154 Å². The fraction of sp³-hybridized carbons (Fsp3) is 0. The topological polar surface area (TPSA) is 393 Å². The van der Waals surface area contributed by atoms with Crippen molar-refractivity contribution in [1.82, 2.24) is 68.4 Å². The summed E-state index contributed by atoms with van der Waals surface area (Å²) in [5, 5.41) is 45.8. The monoisotopic (exact) mass is 1810 g/mol. The van der Waals surface area contributed by atoms with Gasteiger partial charge >= 0.3 is 32.5 Å². The van der Waals surface area contributed by atoms with Crippen molar-refractivity contribution in [2.75, 3.05) is 40.2 Å². The number of amides is 4. The van der Waals surface area contributed by atoms with Gasteiger partial charge < -0.3 is 10.6 Å². The van der Waals surface area contributed by atoms with E-state index in [4.69, 9.17) is 0 Å². The number of carbonyl (C=O) groups is 2. The van der Waals surface area contributed by atoms with E-state index in [1.165, 1.54) is 153 Å². The largest absolute Gasteiger partial charge is 0.324 e. The number of pyridine rings is 4. The molecule has 0 saturated carbocycles. The second-order valence-corrected chi connectivity index (χ2v) is 29.2. The fourth-order valence-electron chi connectivity index (χ4n) is 10.3. The average molecular weight is 1820 g/mol. The van der Waals surface area contributed by atoms with Gasteiger partial charge in [0.05, 0.1) is 82.5 Å². The lowest BCUT2D eigenvalue weighted by molar-refractivity contribution is -0.904. The minimum Gasteiger partial charge on any atom is -0.308 e. The van der Waals surface area contributed by atoms with E-state index in [9.17, 15) is 54.4 Å². The maximum atomic E-state index is 14.2. The van der Waals surface area contributed by atoms with Crippen molar-refractivity contribution in [1.29, 1.82) is 0 Å². The molecule has 0 spiro atoms. The smallest absolute Gasteiger partial charge is 0.308 e. The lowest BCUT2D eigenvalue weighted by Crippen LogP contribution is -2.29. The predicted octanol–water partition coefficient (Wildman–Crippen LogP) is 13.9. The number of nitrogens with zero attached hydrogens (tertiary/aromatic N) is 16. The van der Waals surface area contributed by atoms with Crippen LogP contribution < -0.4 is 49.6 Å². The number of nitrogens with one attached hydrogen (secondary N) is 8. The van der Waals surface area contributed by atoms with Crippen molar-refractivity contribution < 1.29 is 63.9 Å². The number of halogens is 8. The van der Waals surface area contributed by atoms with E-state index in [-0.39, 0.29) is 39.8 Å². The molecule has 112 heavy (non-hydrogen) atoms. The highest BCUT2D eigenvalue weighted by atomic mass is 79.9. The van der Waals surface area contributed by atoms with Crippen LogP contribution in [-0.4, -0.2) is 108 Å². The van der Waals surface area contributed by atoms with E-state index < -0.39 is 55.7 Å². The molecule has 0 unspecified atom stereocenters. The van der Waals surface area contributed by atoms with Crippen LogP contribution in [0.2, 0.25) is 0 Å². The molecule has 12 heterocycles. The molecular formula is C70H50Br4F4N24O8S2+2. The standard InChI is InChI=1S/C18H12BrFN6O2.C18H12BrFN6O.C17H12BrFN6O3S.C17H12BrFN6O2S/c19-13-10-21-26-16(24-18(27)22-11-5-7-25(28)8-6-11)9-15(23-17(13)26)12-3-1-2-4-14(12)20;19-13-10-22-26-16(25-18(27)23-11-5-7-21-8-6-11)9-15(24-17(13)26)12-3-1-2-4-14(12)20;18-13-10-20-25-16(23-29(27,28)22-11-5-7-24(26)8-6-11)9-15(21-17(13)25)12-3-1-2-4-14(12)19;18-13-10-21-25-16(24-28(26,27)23-11-5-7-20-8-6-11)9-15(22-17(13)25)12-3-1-2-4-14(12)19/h1-10,28H,(H,21,23,24,27);1-10H,(H2,21,23,25,27);1-10,26H,(H,20,21,23);1-10,24H,(H,20,23)/p+2. The molecule has 42 heteroatoms. The molecule has 0 aliphatic heterocycles. The Balaban J connectivity index is 0.000000131. The van der Waals surface area contributed by atoms with Crippen LogP contribution in [0.4, 0.5) is 73.2 Å². The number of urea groups is 2. The highest BCUT2D eigenvalue weighted by molar-refractivity contribution is 9.11. The van der Waals surface area contributed by atoms with Gasteiger partial charge in [-0.05, 0) is 137 Å². The molecule has 16 aromatic rings. The number of hydrogen-bond donors (Lipinski definition) is 10. The average Bonchev–Trinajstić information content (AvgIpc) is 1.53. The number of hydrogen-bond acceptors (Lipinski definition) is 18. The third kappa shape index (κ3) is 18.6. The normalized spacial score (nSPS) is 11.1. The highest BCUT2D eigenvalue weighted by Crippen LogP contribution is 2.33. The van der Waals surface area contributed by atoms with Gasteiger partial charge in [0.1, 0.15) is 46.5 Å². The second kappa shape index (κ2) is 33.8. The third-order valence-electron chi connectivity index (χ3n) is 15.3. The summed E-state index contributed by atoms with van der Waals surface area (Å²) in [7, 11) is -8.08. The molecule has 0 bridgehead atoms. The Morgan fingerprint density at radius 2 is 0.607 bits per heavy atom. The van der Waals surface area contributed by atoms with Gasteiger partial charge in [0, 0.05) is 111 Å². The van der Waals surface area contributed by atoms with Crippen LogP contribution in [0.3, 0.4) is 0 Å². The zero-order valence-corrected chi connectivity index (χ0v) is 64.4. The van der Waals surface area contributed by atoms with Gasteiger partial charge in [-0.25, -0.2) is 47.1 Å². The predicted molar refractivity (Wildman–Crippen MR) is 418 cm³/mol. The fourth-order valence-corrected chi connectivity index (χ4v) is 13.6. The summed E-state index contributed by atoms with van der Waals surface area (Å²) in [4.78, 5) is 50.1. The molecule has 12 aromatic heterocycles. The zero-order valence-electron chi connectivity index (χ0n) is 56.4. The molecule has 0 saturated heterocycles. The van der Waals surface area contributed by atoms with Crippen molar-refractivity contribution in [3.05, 3.63) is 285 Å². The number of anilines is 8. The summed E-state index contributed by atoms with van der Waals surface area (Å²) in [6.45, 7) is 0. The maximum Gasteiger partial charge on any atom is 0.324 e. The summed E-state index contributed by atoms with van der Waals surface area (Å²) in [5.41, 5.74) is 5.45. The summed E-state index contributed by atoms with van der Waals surface area (Å²) in [6, 6.07) is 41.7. The summed E-state index contributed by atoms with van der Waals surface area (Å²) < 4.78 is 126. The van der Waals surface area contributed by atoms with Gasteiger partial charge in [-0.3, -0.25) is 49.9 Å². The third-order valence-corrected chi connectivity index (χ3v) is 19.5. The van der Waals surface area contributed by atoms with E-state index in [0.29, 0.717) is 91.7 Å². The Hall–Kier alpha value is -13.2. The molecule has 0 radical (unpaired) electrons. The molecule has 0 atom stereocenters. The number of fused-ring (bicyclic) bond motifs is 4. The SMILES string of the molecule is O=C(Nc1cc[n+](O)cc1)Nc1cc(-c2ccccc2F)nc2c(Br)cnn12.O=C(Nc1ccncc1)Nc1cc(-c2ccccc2F)nc2c(Br)cnn12.O=S(=O)(Nc1cc[n+](O)cc1)Nc1cc(-c2ccccc2F)nc2c(Br)cnn12.O=S(=O)(Nc1ccncc1)Nc1cc(-c2ccccc2F)nc2c(Br)cnn12. The van der Waals surface area contributed by atoms with Crippen LogP contribution in [0, 0.1) is 23.3 Å². The Labute approximate surface area is 662 Å². The van der Waals surface area contributed by atoms with Crippen molar-refractivity contribution in [2.45, 2.75) is 0 Å². The number of aromatic nitrogens is 16. The Bertz CT molecular complexity index is 6430. The first kappa shape index (κ1) is 77.0. The van der Waals surface area contributed by atoms with Crippen molar-refractivity contribution in [2.24, 2.45) is 0 Å². The number of rotatable bonds is 16. The lowest BCUT2D eigenvalue weighted by atomic mass is 10.1. The minimum absolute atomic E-state index is 0.0552. The maximum absolute atomic E-state index is 14.2. The summed E-state index contributed by atoms with van der Waals surface area (Å²) in [6.07, 6.45) is 17.4. The van der Waals surface area contributed by atoms with Gasteiger partial charge in [0.15, 0.2) is 22.6 Å². The molecule has 564 valence electrons. The first-order chi connectivity index (χ1) is 53.9. The van der Waals surface area contributed by atoms with Gasteiger partial charge in [-0.2, -0.15) is 55.3 Å². The van der Waals surface area contributed by atoms with Gasteiger partial charge in [0.2, 0.25) is 24.8 Å². The molecule has 4 amide bonds. The molecule has 32 nitrogen and oxygen atoms in total. The second-order valence-electron chi connectivity index (χ2n) is 22.9. The molecule has 10 N–H and O–H groups in total.